The second-order valence-electron chi connectivity index (χ2n) is 4.74. The fourth-order valence-electron chi connectivity index (χ4n) is 1.26. The molecular weight excluding hydrogens is 323 g/mol. The van der Waals surface area contributed by atoms with Gasteiger partial charge in [-0.1, -0.05) is 0 Å². The second-order valence-corrected chi connectivity index (χ2v) is 6.29. The van der Waals surface area contributed by atoms with Gasteiger partial charge in [0.25, 0.3) is 0 Å². The van der Waals surface area contributed by atoms with Crippen LogP contribution in [0.15, 0.2) is 4.90 Å². The molecule has 0 radical (unpaired) electrons. The van der Waals surface area contributed by atoms with Gasteiger partial charge in [0.2, 0.25) is 5.82 Å². The van der Waals surface area contributed by atoms with Crippen LogP contribution in [0.3, 0.4) is 0 Å². The zero-order chi connectivity index (χ0) is 16.6. The van der Waals surface area contributed by atoms with Crippen molar-refractivity contribution in [1.29, 1.82) is 0 Å². The third-order valence-corrected chi connectivity index (χ3v) is 3.71. The van der Waals surface area contributed by atoms with Crippen molar-refractivity contribution in [2.45, 2.75) is 30.8 Å². The molecule has 0 atom stereocenters. The van der Waals surface area contributed by atoms with Gasteiger partial charge in [0, 0.05) is 6.42 Å². The van der Waals surface area contributed by atoms with E-state index in [1.807, 2.05) is 0 Å². The number of aliphatic hydroxyl groups is 1. The predicted octanol–water partition coefficient (Wildman–Crippen LogP) is 2.25. The summed E-state index contributed by atoms with van der Waals surface area (Å²) in [4.78, 5) is -2.06. The molecule has 10 heteroatoms. The normalized spacial score (nSPS) is 12.8. The van der Waals surface area contributed by atoms with Crippen molar-refractivity contribution in [2.75, 3.05) is 6.61 Å². The molecule has 4 nitrogen and oxygen atoms in total. The van der Waals surface area contributed by atoms with E-state index in [4.69, 9.17) is 0 Å². The van der Waals surface area contributed by atoms with Gasteiger partial charge in [0.15, 0.2) is 28.2 Å². The fourth-order valence-corrected chi connectivity index (χ4v) is 2.30. The van der Waals surface area contributed by atoms with Crippen LogP contribution in [0.5, 0.6) is 0 Å². The van der Waals surface area contributed by atoms with E-state index in [-0.39, 0.29) is 6.42 Å². The minimum Gasteiger partial charge on any atom is -0.390 e. The summed E-state index contributed by atoms with van der Waals surface area (Å²) in [5.41, 5.74) is -1.34. The topological polar surface area (TPSA) is 63.6 Å². The third kappa shape index (κ3) is 3.89. The highest BCUT2D eigenvalue weighted by Gasteiger charge is 2.34. The quantitative estimate of drug-likeness (QED) is 0.388. The molecule has 0 spiro atoms. The average Bonchev–Trinajstić information content (AvgIpc) is 2.32. The van der Waals surface area contributed by atoms with E-state index in [0.29, 0.717) is 0 Å². The Kier molecular flexibility index (Phi) is 4.96. The summed E-state index contributed by atoms with van der Waals surface area (Å²) in [7, 11) is -5.21. The van der Waals surface area contributed by atoms with Gasteiger partial charge in [-0.25, -0.2) is 22.0 Å². The number of halogens is 5. The van der Waals surface area contributed by atoms with Crippen molar-refractivity contribution in [1.82, 2.24) is 0 Å². The van der Waals surface area contributed by atoms with E-state index in [1.54, 1.807) is 0 Å². The Labute approximate surface area is 117 Å². The maximum atomic E-state index is 13.3. The highest BCUT2D eigenvalue weighted by atomic mass is 32.2. The largest absolute Gasteiger partial charge is 0.390 e. The zero-order valence-electron chi connectivity index (χ0n) is 10.9. The monoisotopic (exact) mass is 334 g/mol. The first kappa shape index (κ1) is 17.8. The molecule has 0 bridgehead atoms. The summed E-state index contributed by atoms with van der Waals surface area (Å²) in [6.45, 7) is 1.91. The number of benzene rings is 1. The summed E-state index contributed by atoms with van der Waals surface area (Å²) >= 11 is 0. The molecule has 0 amide bonds. The van der Waals surface area contributed by atoms with Crippen LogP contribution in [0.25, 0.3) is 0 Å². The van der Waals surface area contributed by atoms with Crippen molar-refractivity contribution < 1.29 is 39.7 Å². The molecule has 0 fully saturated rings. The molecule has 1 rings (SSSR count). The maximum absolute atomic E-state index is 13.3. The molecule has 0 saturated carbocycles. The van der Waals surface area contributed by atoms with Crippen LogP contribution >= 0.6 is 0 Å². The minimum absolute atomic E-state index is 0.248. The highest BCUT2D eigenvalue weighted by Crippen LogP contribution is 2.28. The third-order valence-electron chi connectivity index (χ3n) is 2.37. The summed E-state index contributed by atoms with van der Waals surface area (Å²) in [5, 5.41) is 9.33. The lowest BCUT2D eigenvalue weighted by atomic mass is 10.1. The number of hydrogen-bond donors (Lipinski definition) is 1. The van der Waals surface area contributed by atoms with Crippen LogP contribution in [0, 0.1) is 29.1 Å². The van der Waals surface area contributed by atoms with Gasteiger partial charge in [-0.3, -0.25) is 4.18 Å². The maximum Gasteiger partial charge on any atom is 0.303 e. The van der Waals surface area contributed by atoms with Crippen molar-refractivity contribution in [3.8, 4) is 0 Å². The molecule has 1 aromatic rings. The van der Waals surface area contributed by atoms with Crippen molar-refractivity contribution in [3.63, 3.8) is 0 Å². The first-order valence-corrected chi connectivity index (χ1v) is 6.92. The van der Waals surface area contributed by atoms with Gasteiger partial charge in [0.05, 0.1) is 12.2 Å². The Morgan fingerprint density at radius 2 is 1.33 bits per heavy atom. The van der Waals surface area contributed by atoms with E-state index >= 15 is 0 Å². The summed E-state index contributed by atoms with van der Waals surface area (Å²) < 4.78 is 92.6. The Morgan fingerprint density at radius 3 is 1.71 bits per heavy atom. The van der Waals surface area contributed by atoms with E-state index in [0.717, 1.165) is 0 Å². The Bertz CT molecular complexity index is 623. The van der Waals surface area contributed by atoms with Gasteiger partial charge in [-0.05, 0) is 13.8 Å². The molecule has 0 aromatic heterocycles. The average molecular weight is 334 g/mol. The molecule has 1 aromatic carbocycles. The molecular formula is C11H11F5O4S. The SMILES string of the molecule is CC(C)(O)CCOS(=O)(=O)c1c(F)c(F)c(F)c(F)c1F. The van der Waals surface area contributed by atoms with E-state index < -0.39 is 56.3 Å². The molecule has 1 N–H and O–H groups in total. The molecule has 21 heavy (non-hydrogen) atoms. The first-order valence-electron chi connectivity index (χ1n) is 5.51. The second kappa shape index (κ2) is 5.85. The standard InChI is InChI=1S/C11H11F5O4S/c1-11(2,17)3-4-20-21(18,19)10-8(15)6(13)5(12)7(14)9(10)16/h17H,3-4H2,1-2H3. The van der Waals surface area contributed by atoms with Crippen LogP contribution < -0.4 is 0 Å². The van der Waals surface area contributed by atoms with Crippen LogP contribution in [0.2, 0.25) is 0 Å². The lowest BCUT2D eigenvalue weighted by Gasteiger charge is -2.16. The molecule has 120 valence electrons. The van der Waals surface area contributed by atoms with Crippen molar-refractivity contribution in [2.24, 2.45) is 0 Å². The van der Waals surface area contributed by atoms with Crippen LogP contribution in [0.1, 0.15) is 20.3 Å². The van der Waals surface area contributed by atoms with E-state index in [1.165, 1.54) is 13.8 Å². The number of hydrogen-bond acceptors (Lipinski definition) is 4. The Hall–Kier alpha value is -1.26. The van der Waals surface area contributed by atoms with E-state index in [2.05, 4.69) is 4.18 Å². The fraction of sp³-hybridized carbons (Fsp3) is 0.455. The molecule has 0 aliphatic rings. The van der Waals surface area contributed by atoms with Crippen molar-refractivity contribution in [3.05, 3.63) is 29.1 Å². The van der Waals surface area contributed by atoms with Gasteiger partial charge in [-0.2, -0.15) is 8.42 Å². The predicted molar refractivity (Wildman–Crippen MR) is 60.3 cm³/mol. The van der Waals surface area contributed by atoms with Crippen LogP contribution in [0.4, 0.5) is 22.0 Å². The highest BCUT2D eigenvalue weighted by molar-refractivity contribution is 7.86. The molecule has 0 unspecified atom stereocenters. The molecule has 0 saturated heterocycles. The summed E-state index contributed by atoms with van der Waals surface area (Å²) in [5.74, 6) is -12.3. The molecule has 0 aliphatic carbocycles. The Balaban J connectivity index is 3.21. The van der Waals surface area contributed by atoms with Crippen molar-refractivity contribution >= 4 is 10.1 Å². The van der Waals surface area contributed by atoms with E-state index in [9.17, 15) is 35.5 Å². The summed E-state index contributed by atoms with van der Waals surface area (Å²) in [6, 6.07) is 0. The lowest BCUT2D eigenvalue weighted by Crippen LogP contribution is -2.23. The van der Waals surface area contributed by atoms with Gasteiger partial charge in [0.1, 0.15) is 0 Å². The minimum atomic E-state index is -5.21. The first-order chi connectivity index (χ1) is 9.38. The summed E-state index contributed by atoms with van der Waals surface area (Å²) in [6.07, 6.45) is -0.248. The lowest BCUT2D eigenvalue weighted by molar-refractivity contribution is 0.0563. The van der Waals surface area contributed by atoms with Crippen LogP contribution in [-0.4, -0.2) is 25.7 Å². The van der Waals surface area contributed by atoms with Crippen LogP contribution in [-0.2, 0) is 14.3 Å². The smallest absolute Gasteiger partial charge is 0.303 e. The Morgan fingerprint density at radius 1 is 0.952 bits per heavy atom. The van der Waals surface area contributed by atoms with Gasteiger partial charge < -0.3 is 5.11 Å². The zero-order valence-corrected chi connectivity index (χ0v) is 11.7. The molecule has 0 aliphatic heterocycles. The van der Waals surface area contributed by atoms with Gasteiger partial charge in [-0.15, -0.1) is 0 Å². The molecule has 0 heterocycles. The number of rotatable bonds is 5. The van der Waals surface area contributed by atoms with Gasteiger partial charge >= 0.3 is 10.1 Å².